The van der Waals surface area contributed by atoms with Crippen LogP contribution in [-0.4, -0.2) is 18.9 Å². The Morgan fingerprint density at radius 3 is 2.71 bits per heavy atom. The van der Waals surface area contributed by atoms with Crippen LogP contribution in [0.2, 0.25) is 0 Å². The third kappa shape index (κ3) is 2.67. The Hall–Kier alpha value is -1.35. The highest BCUT2D eigenvalue weighted by Gasteiger charge is 2.23. The SMILES string of the molecule is Cc1ccc(C(=O)CN)c(OCC2CC2)c1C. The quantitative estimate of drug-likeness (QED) is 0.793. The van der Waals surface area contributed by atoms with Gasteiger partial charge in [0.1, 0.15) is 5.75 Å². The van der Waals surface area contributed by atoms with E-state index in [0.717, 1.165) is 23.5 Å². The number of carbonyl (C=O) groups is 1. The van der Waals surface area contributed by atoms with Crippen molar-refractivity contribution in [3.8, 4) is 5.75 Å². The van der Waals surface area contributed by atoms with Crippen LogP contribution in [-0.2, 0) is 0 Å². The highest BCUT2D eigenvalue weighted by molar-refractivity contribution is 6.00. The van der Waals surface area contributed by atoms with Crippen molar-refractivity contribution in [3.63, 3.8) is 0 Å². The van der Waals surface area contributed by atoms with Gasteiger partial charge in [-0.05, 0) is 49.8 Å². The van der Waals surface area contributed by atoms with Gasteiger partial charge in [0, 0.05) is 0 Å². The summed E-state index contributed by atoms with van der Waals surface area (Å²) in [6.07, 6.45) is 2.48. The number of carbonyl (C=O) groups excluding carboxylic acids is 1. The zero-order valence-electron chi connectivity index (χ0n) is 10.5. The zero-order valence-corrected chi connectivity index (χ0v) is 10.5. The third-order valence-corrected chi connectivity index (χ3v) is 3.32. The van der Waals surface area contributed by atoms with E-state index >= 15 is 0 Å². The molecule has 1 aromatic rings. The molecule has 92 valence electrons. The molecule has 2 rings (SSSR count). The lowest BCUT2D eigenvalue weighted by Crippen LogP contribution is -2.16. The largest absolute Gasteiger partial charge is 0.492 e. The summed E-state index contributed by atoms with van der Waals surface area (Å²) in [6, 6.07) is 3.77. The molecule has 0 amide bonds. The Kier molecular flexibility index (Phi) is 3.48. The molecule has 3 nitrogen and oxygen atoms in total. The van der Waals surface area contributed by atoms with E-state index in [2.05, 4.69) is 0 Å². The Morgan fingerprint density at radius 1 is 1.41 bits per heavy atom. The lowest BCUT2D eigenvalue weighted by atomic mass is 10.0. The standard InChI is InChI=1S/C14H19NO2/c1-9-3-6-12(13(16)7-15)14(10(9)2)17-8-11-4-5-11/h3,6,11H,4-5,7-8,15H2,1-2H3. The lowest BCUT2D eigenvalue weighted by molar-refractivity contribution is 0.0997. The van der Waals surface area contributed by atoms with Crippen LogP contribution in [0.1, 0.15) is 34.3 Å². The van der Waals surface area contributed by atoms with Crippen LogP contribution in [0.3, 0.4) is 0 Å². The van der Waals surface area contributed by atoms with Crippen LogP contribution >= 0.6 is 0 Å². The lowest BCUT2D eigenvalue weighted by Gasteiger charge is -2.14. The van der Waals surface area contributed by atoms with Gasteiger partial charge in [-0.15, -0.1) is 0 Å². The number of ketones is 1. The zero-order chi connectivity index (χ0) is 12.4. The van der Waals surface area contributed by atoms with E-state index in [4.69, 9.17) is 10.5 Å². The second-order valence-corrected chi connectivity index (χ2v) is 4.77. The molecule has 0 saturated heterocycles. The van der Waals surface area contributed by atoms with Crippen molar-refractivity contribution in [2.45, 2.75) is 26.7 Å². The summed E-state index contributed by atoms with van der Waals surface area (Å²) < 4.78 is 5.82. The normalized spacial score (nSPS) is 14.8. The first-order valence-corrected chi connectivity index (χ1v) is 6.09. The maximum Gasteiger partial charge on any atom is 0.180 e. The summed E-state index contributed by atoms with van der Waals surface area (Å²) in [6.45, 7) is 4.76. The summed E-state index contributed by atoms with van der Waals surface area (Å²) in [5.41, 5.74) is 8.23. The van der Waals surface area contributed by atoms with Gasteiger partial charge in [-0.1, -0.05) is 6.07 Å². The number of nitrogens with two attached hydrogens (primary N) is 1. The molecule has 3 heteroatoms. The van der Waals surface area contributed by atoms with Crippen LogP contribution in [0, 0.1) is 19.8 Å². The number of Topliss-reactive ketones (excluding diaryl/α,β-unsaturated/α-hetero) is 1. The van der Waals surface area contributed by atoms with Gasteiger partial charge in [-0.25, -0.2) is 0 Å². The van der Waals surface area contributed by atoms with Crippen LogP contribution in [0.4, 0.5) is 0 Å². The number of rotatable bonds is 5. The molecule has 1 aliphatic carbocycles. The first kappa shape index (κ1) is 12.1. The number of ether oxygens (including phenoxy) is 1. The fourth-order valence-electron chi connectivity index (χ4n) is 1.79. The Morgan fingerprint density at radius 2 is 2.12 bits per heavy atom. The molecule has 1 aromatic carbocycles. The monoisotopic (exact) mass is 233 g/mol. The summed E-state index contributed by atoms with van der Waals surface area (Å²) in [5, 5.41) is 0. The predicted octanol–water partition coefficient (Wildman–Crippen LogP) is 2.23. The fourth-order valence-corrected chi connectivity index (χ4v) is 1.79. The van der Waals surface area contributed by atoms with E-state index in [1.54, 1.807) is 0 Å². The third-order valence-electron chi connectivity index (χ3n) is 3.32. The number of aryl methyl sites for hydroxylation is 1. The Bertz CT molecular complexity index is 436. The minimum Gasteiger partial charge on any atom is -0.492 e. The van der Waals surface area contributed by atoms with E-state index in [9.17, 15) is 4.79 Å². The molecule has 0 aliphatic heterocycles. The topological polar surface area (TPSA) is 52.3 Å². The van der Waals surface area contributed by atoms with Crippen LogP contribution in [0.25, 0.3) is 0 Å². The van der Waals surface area contributed by atoms with Gasteiger partial charge in [0.2, 0.25) is 0 Å². The van der Waals surface area contributed by atoms with Gasteiger partial charge >= 0.3 is 0 Å². The highest BCUT2D eigenvalue weighted by atomic mass is 16.5. The van der Waals surface area contributed by atoms with Crippen LogP contribution in [0.15, 0.2) is 12.1 Å². The van der Waals surface area contributed by atoms with Gasteiger partial charge < -0.3 is 10.5 Å². The number of hydrogen-bond donors (Lipinski definition) is 1. The first-order chi connectivity index (χ1) is 8.13. The summed E-state index contributed by atoms with van der Waals surface area (Å²) in [4.78, 5) is 11.8. The van der Waals surface area contributed by atoms with Crippen molar-refractivity contribution in [1.29, 1.82) is 0 Å². The average molecular weight is 233 g/mol. The Labute approximate surface area is 102 Å². The number of benzene rings is 1. The van der Waals surface area contributed by atoms with Gasteiger partial charge in [-0.3, -0.25) is 4.79 Å². The van der Waals surface area contributed by atoms with Crippen molar-refractivity contribution in [1.82, 2.24) is 0 Å². The fraction of sp³-hybridized carbons (Fsp3) is 0.500. The van der Waals surface area contributed by atoms with E-state index in [1.165, 1.54) is 12.8 Å². The van der Waals surface area contributed by atoms with Crippen molar-refractivity contribution in [2.75, 3.05) is 13.2 Å². The molecule has 17 heavy (non-hydrogen) atoms. The molecule has 1 aliphatic rings. The maximum absolute atomic E-state index is 11.8. The maximum atomic E-state index is 11.8. The molecule has 0 aromatic heterocycles. The number of hydrogen-bond acceptors (Lipinski definition) is 3. The molecule has 2 N–H and O–H groups in total. The molecular weight excluding hydrogens is 214 g/mol. The van der Waals surface area contributed by atoms with Crippen LogP contribution < -0.4 is 10.5 Å². The second-order valence-electron chi connectivity index (χ2n) is 4.77. The molecule has 0 unspecified atom stereocenters. The van der Waals surface area contributed by atoms with Crippen molar-refractivity contribution >= 4 is 5.78 Å². The van der Waals surface area contributed by atoms with Gasteiger partial charge in [0.25, 0.3) is 0 Å². The summed E-state index contributed by atoms with van der Waals surface area (Å²) >= 11 is 0. The van der Waals surface area contributed by atoms with Gasteiger partial charge in [0.15, 0.2) is 5.78 Å². The molecule has 0 heterocycles. The minimum atomic E-state index is -0.0566. The second kappa shape index (κ2) is 4.88. The average Bonchev–Trinajstić information content (AvgIpc) is 3.14. The Balaban J connectivity index is 2.28. The summed E-state index contributed by atoms with van der Waals surface area (Å²) in [7, 11) is 0. The van der Waals surface area contributed by atoms with E-state index in [0.29, 0.717) is 11.5 Å². The van der Waals surface area contributed by atoms with Gasteiger partial charge in [-0.2, -0.15) is 0 Å². The molecule has 0 radical (unpaired) electrons. The van der Waals surface area contributed by atoms with E-state index in [-0.39, 0.29) is 12.3 Å². The molecule has 1 saturated carbocycles. The molecule has 1 fully saturated rings. The molecular formula is C14H19NO2. The highest BCUT2D eigenvalue weighted by Crippen LogP contribution is 2.32. The van der Waals surface area contributed by atoms with Gasteiger partial charge in [0.05, 0.1) is 18.7 Å². The summed E-state index contributed by atoms with van der Waals surface area (Å²) in [5.74, 6) is 1.35. The minimum absolute atomic E-state index is 0.0300. The van der Waals surface area contributed by atoms with E-state index in [1.807, 2.05) is 26.0 Å². The first-order valence-electron chi connectivity index (χ1n) is 6.09. The van der Waals surface area contributed by atoms with E-state index < -0.39 is 0 Å². The predicted molar refractivity (Wildman–Crippen MR) is 67.5 cm³/mol. The molecule has 0 bridgehead atoms. The molecule has 0 atom stereocenters. The molecule has 0 spiro atoms. The van der Waals surface area contributed by atoms with Crippen molar-refractivity contribution in [3.05, 3.63) is 28.8 Å². The van der Waals surface area contributed by atoms with Crippen molar-refractivity contribution < 1.29 is 9.53 Å². The van der Waals surface area contributed by atoms with Crippen molar-refractivity contribution in [2.24, 2.45) is 11.7 Å². The van der Waals surface area contributed by atoms with Crippen LogP contribution in [0.5, 0.6) is 5.75 Å². The smallest absolute Gasteiger partial charge is 0.180 e.